The second-order valence-corrected chi connectivity index (χ2v) is 23.7. The van der Waals surface area contributed by atoms with Crippen LogP contribution in [0.3, 0.4) is 0 Å². The van der Waals surface area contributed by atoms with E-state index in [1.54, 1.807) is 0 Å². The van der Waals surface area contributed by atoms with Crippen LogP contribution in [0.4, 0.5) is 0 Å². The van der Waals surface area contributed by atoms with E-state index in [2.05, 4.69) is 232 Å². The molecule has 0 bridgehead atoms. The van der Waals surface area contributed by atoms with E-state index in [9.17, 15) is 5.26 Å². The summed E-state index contributed by atoms with van der Waals surface area (Å²) in [5, 5.41) is 21.5. The Kier molecular flexibility index (Phi) is 11.9. The van der Waals surface area contributed by atoms with Gasteiger partial charge in [0.15, 0.2) is 17.5 Å². The van der Waals surface area contributed by atoms with Gasteiger partial charge in [0.25, 0.3) is 0 Å². The third-order valence-corrected chi connectivity index (χ3v) is 18.4. The molecule has 92 heavy (non-hydrogen) atoms. The predicted molar refractivity (Wildman–Crippen MR) is 374 cm³/mol. The summed E-state index contributed by atoms with van der Waals surface area (Å²) in [5.74, 6) is 1.35. The number of para-hydroxylation sites is 4. The molecule has 10 heteroatoms. The van der Waals surface area contributed by atoms with Gasteiger partial charge in [-0.15, -0.1) is 0 Å². The molecule has 0 fully saturated rings. The molecule has 0 radical (unpaired) electrons. The summed E-state index contributed by atoms with van der Waals surface area (Å²) in [4.78, 5) is 26.2. The van der Waals surface area contributed by atoms with E-state index in [4.69, 9.17) is 24.9 Å². The molecule has 0 atom stereocenters. The van der Waals surface area contributed by atoms with Crippen molar-refractivity contribution in [1.29, 1.82) is 5.26 Å². The van der Waals surface area contributed by atoms with Crippen LogP contribution < -0.4 is 0 Å². The van der Waals surface area contributed by atoms with Crippen molar-refractivity contribution < 1.29 is 0 Å². The molecule has 11 aromatic carbocycles. The van der Waals surface area contributed by atoms with Crippen molar-refractivity contribution in [3.63, 3.8) is 0 Å². The fourth-order valence-electron chi connectivity index (χ4n) is 14.4. The molecule has 0 amide bonds. The van der Waals surface area contributed by atoms with Gasteiger partial charge in [-0.25, -0.2) is 15.0 Å². The average Bonchev–Trinajstić information content (AvgIpc) is 1.28. The first-order chi connectivity index (χ1) is 45.5. The third-order valence-electron chi connectivity index (χ3n) is 18.4. The van der Waals surface area contributed by atoms with Crippen molar-refractivity contribution in [2.45, 2.75) is 13.8 Å². The Labute approximate surface area is 528 Å². The highest BCUT2D eigenvalue weighted by atomic mass is 15.1. The molecule has 18 rings (SSSR count). The summed E-state index contributed by atoms with van der Waals surface area (Å²) in [5.41, 5.74) is 19.7. The Bertz CT molecular complexity index is 5920. The van der Waals surface area contributed by atoms with E-state index in [1.807, 2.05) is 85.5 Å². The second-order valence-electron chi connectivity index (χ2n) is 23.7. The largest absolute Gasteiger partial charge is 0.309 e. The van der Waals surface area contributed by atoms with Gasteiger partial charge in [0.1, 0.15) is 6.07 Å². The SMILES string of the molecule is Cc1ccc2c(c1)c1ccccc1n2-c1ccc(-c2c(C#N)c(-n3c4ccccc4c4cnccc43)c(-c3nc(-c4ccccc4)nc(-c4ccccc4)n3)c(-c3ccc(-n4c5ccccc5c5cc(C)ccc54)cc3)c2-n2c3ccccc3c3cnccc32)cc1. The number of hydrogen-bond donors (Lipinski definition) is 0. The highest BCUT2D eigenvalue weighted by molar-refractivity contribution is 6.16. The number of pyridine rings is 2. The van der Waals surface area contributed by atoms with Gasteiger partial charge in [-0.1, -0.05) is 181 Å². The summed E-state index contributed by atoms with van der Waals surface area (Å²) in [7, 11) is 0. The van der Waals surface area contributed by atoms with Gasteiger partial charge in [-0.2, -0.15) is 5.26 Å². The van der Waals surface area contributed by atoms with Crippen LogP contribution in [0.1, 0.15) is 16.7 Å². The lowest BCUT2D eigenvalue weighted by molar-refractivity contribution is 1.06. The number of rotatable bonds is 9. The molecule has 0 aliphatic carbocycles. The molecule has 0 spiro atoms. The van der Waals surface area contributed by atoms with Gasteiger partial charge in [-0.3, -0.25) is 9.97 Å². The predicted octanol–water partition coefficient (Wildman–Crippen LogP) is 19.9. The number of aromatic nitrogens is 9. The molecule has 0 unspecified atom stereocenters. The smallest absolute Gasteiger partial charge is 0.166 e. The molecule has 18 aromatic rings. The summed E-state index contributed by atoms with van der Waals surface area (Å²) in [6.45, 7) is 4.30. The Morgan fingerprint density at radius 1 is 0.293 bits per heavy atom. The molecule has 0 saturated heterocycles. The van der Waals surface area contributed by atoms with E-state index in [0.29, 0.717) is 39.9 Å². The highest BCUT2D eigenvalue weighted by Gasteiger charge is 2.34. The first-order valence-corrected chi connectivity index (χ1v) is 30.9. The lowest BCUT2D eigenvalue weighted by Crippen LogP contribution is -2.12. The van der Waals surface area contributed by atoms with Crippen molar-refractivity contribution in [1.82, 2.24) is 43.2 Å². The topological polar surface area (TPSA) is 108 Å². The first-order valence-electron chi connectivity index (χ1n) is 30.9. The van der Waals surface area contributed by atoms with Gasteiger partial charge >= 0.3 is 0 Å². The lowest BCUT2D eigenvalue weighted by Gasteiger charge is -2.27. The molecule has 10 nitrogen and oxygen atoms in total. The average molecular weight is 1180 g/mol. The highest BCUT2D eigenvalue weighted by Crippen LogP contribution is 2.52. The number of fused-ring (bicyclic) bond motifs is 12. The van der Waals surface area contributed by atoms with E-state index < -0.39 is 0 Å². The number of aryl methyl sites for hydroxylation is 2. The molecule has 7 heterocycles. The van der Waals surface area contributed by atoms with Crippen molar-refractivity contribution in [2.24, 2.45) is 0 Å². The Hall–Kier alpha value is -12.6. The quantitative estimate of drug-likeness (QED) is 0.142. The monoisotopic (exact) mass is 1180 g/mol. The Balaban J connectivity index is 1.05. The van der Waals surface area contributed by atoms with Crippen LogP contribution in [0.5, 0.6) is 0 Å². The minimum atomic E-state index is 0.383. The Morgan fingerprint density at radius 2 is 0.663 bits per heavy atom. The second kappa shape index (κ2) is 20.8. The molecule has 0 aliphatic rings. The van der Waals surface area contributed by atoms with E-state index in [-0.39, 0.29) is 0 Å². The minimum Gasteiger partial charge on any atom is -0.309 e. The van der Waals surface area contributed by atoms with E-state index in [1.165, 1.54) is 32.7 Å². The zero-order valence-corrected chi connectivity index (χ0v) is 50.0. The normalized spacial score (nSPS) is 11.8. The van der Waals surface area contributed by atoms with Gasteiger partial charge < -0.3 is 18.3 Å². The van der Waals surface area contributed by atoms with Crippen LogP contribution in [-0.2, 0) is 0 Å². The Morgan fingerprint density at radius 3 is 1.12 bits per heavy atom. The van der Waals surface area contributed by atoms with Crippen LogP contribution in [0.15, 0.2) is 280 Å². The molecular weight excluding hydrogens is 1120 g/mol. The number of benzene rings is 11. The zero-order chi connectivity index (χ0) is 61.1. The summed E-state index contributed by atoms with van der Waals surface area (Å²) >= 11 is 0. The minimum absolute atomic E-state index is 0.383. The maximum atomic E-state index is 12.9. The van der Waals surface area contributed by atoms with Crippen molar-refractivity contribution in [3.8, 4) is 85.2 Å². The molecule has 0 aliphatic heterocycles. The molecule has 7 aromatic heterocycles. The van der Waals surface area contributed by atoms with Crippen molar-refractivity contribution in [3.05, 3.63) is 296 Å². The van der Waals surface area contributed by atoms with Gasteiger partial charge in [0.05, 0.1) is 66.6 Å². The number of nitriles is 1. The van der Waals surface area contributed by atoms with E-state index >= 15 is 0 Å². The van der Waals surface area contributed by atoms with Crippen LogP contribution in [0.2, 0.25) is 0 Å². The molecule has 430 valence electrons. The summed E-state index contributed by atoms with van der Waals surface area (Å²) in [6.07, 6.45) is 7.57. The first kappa shape index (κ1) is 52.5. The summed E-state index contributed by atoms with van der Waals surface area (Å²) < 4.78 is 9.32. The van der Waals surface area contributed by atoms with Crippen LogP contribution in [0, 0.1) is 25.2 Å². The van der Waals surface area contributed by atoms with Crippen LogP contribution in [-0.4, -0.2) is 43.2 Å². The zero-order valence-electron chi connectivity index (χ0n) is 50.0. The van der Waals surface area contributed by atoms with Crippen molar-refractivity contribution in [2.75, 3.05) is 0 Å². The van der Waals surface area contributed by atoms with Crippen LogP contribution in [0.25, 0.3) is 166 Å². The summed E-state index contributed by atoms with van der Waals surface area (Å²) in [6, 6.07) is 92.6. The van der Waals surface area contributed by atoms with Crippen molar-refractivity contribution >= 4 is 87.2 Å². The maximum absolute atomic E-state index is 12.9. The molecule has 0 N–H and O–H groups in total. The molecular formula is C82H52N10. The lowest BCUT2D eigenvalue weighted by atomic mass is 9.85. The number of hydrogen-bond acceptors (Lipinski definition) is 6. The fourth-order valence-corrected chi connectivity index (χ4v) is 14.4. The fraction of sp³-hybridized carbons (Fsp3) is 0.0244. The number of nitrogens with zero attached hydrogens (tertiary/aromatic N) is 10. The van der Waals surface area contributed by atoms with Gasteiger partial charge in [0, 0.05) is 102 Å². The van der Waals surface area contributed by atoms with Gasteiger partial charge in [-0.05, 0) is 110 Å². The van der Waals surface area contributed by atoms with Crippen LogP contribution >= 0.6 is 0 Å². The third kappa shape index (κ3) is 8.02. The maximum Gasteiger partial charge on any atom is 0.166 e. The van der Waals surface area contributed by atoms with Gasteiger partial charge in [0.2, 0.25) is 0 Å². The molecule has 0 saturated carbocycles. The standard InChI is InChI=1S/C82H52N10/c1-50-29-39-71-62(45-50)58-21-9-13-25-67(58)89(71)56-35-31-52(32-36-56)75-64(47-83)78(91-69-27-15-11-23-60(69)65-48-84-43-41-73(65)91)77(82-87-80(54-17-5-3-6-18-54)86-81(88-82)55-19-7-4-8-20-55)76(79(75)92-70-28-16-12-24-61(70)66-49-85-44-42-74(66)92)53-33-37-57(38-34-53)90-68-26-14-10-22-59(68)63-46-51(2)30-40-72(63)90/h3-46,48-49H,1-2H3. The van der Waals surface area contributed by atoms with E-state index in [0.717, 1.165) is 111 Å².